The topological polar surface area (TPSA) is 41.1 Å². The molecule has 0 aromatic carbocycles. The fraction of sp³-hybridized carbons (Fsp3) is 0.923. The summed E-state index contributed by atoms with van der Waals surface area (Å²) in [5.41, 5.74) is 0.252. The van der Waals surface area contributed by atoms with Crippen LogP contribution in [0.1, 0.15) is 41.0 Å². The van der Waals surface area contributed by atoms with E-state index in [1.165, 1.54) is 0 Å². The van der Waals surface area contributed by atoms with Gasteiger partial charge >= 0.3 is 0 Å². The van der Waals surface area contributed by atoms with Crippen LogP contribution in [0.15, 0.2) is 0 Å². The van der Waals surface area contributed by atoms with Crippen LogP contribution >= 0.6 is 0 Å². The fourth-order valence-corrected chi connectivity index (χ4v) is 1.86. The average molecular weight is 226 g/mol. The second kappa shape index (κ2) is 5.17. The molecule has 3 nitrogen and oxygen atoms in total. The van der Waals surface area contributed by atoms with Gasteiger partial charge in [-0.05, 0) is 30.2 Å². The van der Waals surface area contributed by atoms with Crippen molar-refractivity contribution in [1.82, 2.24) is 10.6 Å². The number of carbonyl (C=O) groups excluding carboxylic acids is 1. The lowest BCUT2D eigenvalue weighted by Crippen LogP contribution is -2.45. The average Bonchev–Trinajstić information content (AvgIpc) is 2.58. The van der Waals surface area contributed by atoms with Crippen LogP contribution in [0.3, 0.4) is 0 Å². The number of amides is 1. The molecule has 3 heteroatoms. The Kier molecular flexibility index (Phi) is 4.36. The van der Waals surface area contributed by atoms with Crippen LogP contribution in [-0.4, -0.2) is 25.0 Å². The highest BCUT2D eigenvalue weighted by molar-refractivity contribution is 5.82. The normalized spacial score (nSPS) is 27.8. The minimum atomic E-state index is 0.0205. The van der Waals surface area contributed by atoms with E-state index in [0.29, 0.717) is 11.8 Å². The molecule has 0 aliphatic carbocycles. The van der Waals surface area contributed by atoms with Crippen molar-refractivity contribution in [2.24, 2.45) is 17.3 Å². The van der Waals surface area contributed by atoms with E-state index in [1.807, 2.05) is 0 Å². The highest BCUT2D eigenvalue weighted by Crippen LogP contribution is 2.24. The number of carbonyl (C=O) groups is 1. The monoisotopic (exact) mass is 226 g/mol. The molecule has 1 saturated heterocycles. The third kappa shape index (κ3) is 3.48. The summed E-state index contributed by atoms with van der Waals surface area (Å²) in [4.78, 5) is 11.9. The number of nitrogens with one attached hydrogen (secondary N) is 2. The molecule has 0 aromatic heterocycles. The Labute approximate surface area is 99.4 Å². The standard InChI is InChI=1S/C13H26N2O/c1-9-6-7-14-11(9)12(16)15-8-10(2)13(3,4)5/h9-11,14H,6-8H2,1-5H3,(H,15,16). The third-order valence-electron chi connectivity index (χ3n) is 3.88. The molecule has 1 heterocycles. The van der Waals surface area contributed by atoms with E-state index in [2.05, 4.69) is 45.3 Å². The second-order valence-corrected chi connectivity index (χ2v) is 6.21. The lowest BCUT2D eigenvalue weighted by atomic mass is 9.82. The molecule has 0 aromatic rings. The van der Waals surface area contributed by atoms with Crippen LogP contribution in [0.4, 0.5) is 0 Å². The Morgan fingerprint density at radius 1 is 1.50 bits per heavy atom. The molecule has 1 rings (SSSR count). The molecule has 3 atom stereocenters. The van der Waals surface area contributed by atoms with Crippen molar-refractivity contribution in [3.8, 4) is 0 Å². The van der Waals surface area contributed by atoms with Gasteiger partial charge in [0.15, 0.2) is 0 Å². The van der Waals surface area contributed by atoms with Crippen LogP contribution in [0, 0.1) is 17.3 Å². The lowest BCUT2D eigenvalue weighted by molar-refractivity contribution is -0.123. The maximum absolute atomic E-state index is 11.9. The van der Waals surface area contributed by atoms with Crippen molar-refractivity contribution in [2.45, 2.75) is 47.1 Å². The van der Waals surface area contributed by atoms with E-state index in [4.69, 9.17) is 0 Å². The SMILES string of the molecule is CC1CCNC1C(=O)NCC(C)C(C)(C)C. The van der Waals surface area contributed by atoms with Gasteiger partial charge in [0.1, 0.15) is 0 Å². The van der Waals surface area contributed by atoms with Crippen LogP contribution in [0.5, 0.6) is 0 Å². The van der Waals surface area contributed by atoms with Crippen molar-refractivity contribution in [1.29, 1.82) is 0 Å². The van der Waals surface area contributed by atoms with Gasteiger partial charge in [-0.3, -0.25) is 4.79 Å². The summed E-state index contributed by atoms with van der Waals surface area (Å²) in [6.07, 6.45) is 1.10. The molecule has 16 heavy (non-hydrogen) atoms. The zero-order valence-electron chi connectivity index (χ0n) is 11.3. The van der Waals surface area contributed by atoms with Gasteiger partial charge in [0.2, 0.25) is 5.91 Å². The minimum absolute atomic E-state index is 0.0205. The molecule has 1 fully saturated rings. The van der Waals surface area contributed by atoms with Gasteiger partial charge in [-0.2, -0.15) is 0 Å². The molecule has 0 spiro atoms. The van der Waals surface area contributed by atoms with Gasteiger partial charge in [0, 0.05) is 6.54 Å². The molecule has 0 radical (unpaired) electrons. The highest BCUT2D eigenvalue weighted by atomic mass is 16.2. The van der Waals surface area contributed by atoms with Crippen molar-refractivity contribution in [3.05, 3.63) is 0 Å². The Bertz CT molecular complexity index is 245. The summed E-state index contributed by atoms with van der Waals surface area (Å²) in [7, 11) is 0. The predicted octanol–water partition coefficient (Wildman–Crippen LogP) is 1.78. The first-order chi connectivity index (χ1) is 7.32. The number of hydrogen-bond acceptors (Lipinski definition) is 2. The van der Waals surface area contributed by atoms with Crippen LogP contribution < -0.4 is 10.6 Å². The van der Waals surface area contributed by atoms with Gasteiger partial charge in [-0.25, -0.2) is 0 Å². The Morgan fingerprint density at radius 3 is 2.56 bits per heavy atom. The Morgan fingerprint density at radius 2 is 2.12 bits per heavy atom. The summed E-state index contributed by atoms with van der Waals surface area (Å²) in [6, 6.07) is 0.0205. The molecule has 94 valence electrons. The first kappa shape index (κ1) is 13.5. The molecule has 0 saturated carbocycles. The van der Waals surface area contributed by atoms with Crippen LogP contribution in [0.25, 0.3) is 0 Å². The van der Waals surface area contributed by atoms with Crippen LogP contribution in [0.2, 0.25) is 0 Å². The van der Waals surface area contributed by atoms with Crippen molar-refractivity contribution < 1.29 is 4.79 Å². The lowest BCUT2D eigenvalue weighted by Gasteiger charge is -2.28. The second-order valence-electron chi connectivity index (χ2n) is 6.21. The minimum Gasteiger partial charge on any atom is -0.354 e. The molecular weight excluding hydrogens is 200 g/mol. The first-order valence-corrected chi connectivity index (χ1v) is 6.33. The summed E-state index contributed by atoms with van der Waals surface area (Å²) in [6.45, 7) is 12.7. The quantitative estimate of drug-likeness (QED) is 0.770. The van der Waals surface area contributed by atoms with E-state index in [9.17, 15) is 4.79 Å². The van der Waals surface area contributed by atoms with Crippen molar-refractivity contribution in [3.63, 3.8) is 0 Å². The van der Waals surface area contributed by atoms with E-state index >= 15 is 0 Å². The van der Waals surface area contributed by atoms with Crippen molar-refractivity contribution in [2.75, 3.05) is 13.1 Å². The van der Waals surface area contributed by atoms with E-state index in [0.717, 1.165) is 19.5 Å². The maximum Gasteiger partial charge on any atom is 0.237 e. The van der Waals surface area contributed by atoms with E-state index < -0.39 is 0 Å². The van der Waals surface area contributed by atoms with Crippen molar-refractivity contribution >= 4 is 5.91 Å². The molecule has 1 aliphatic rings. The van der Waals surface area contributed by atoms with Gasteiger partial charge in [-0.1, -0.05) is 34.6 Å². The Hall–Kier alpha value is -0.570. The zero-order valence-corrected chi connectivity index (χ0v) is 11.3. The summed E-state index contributed by atoms with van der Waals surface area (Å²) >= 11 is 0. The summed E-state index contributed by atoms with van der Waals surface area (Å²) in [5.74, 6) is 1.12. The third-order valence-corrected chi connectivity index (χ3v) is 3.88. The van der Waals surface area contributed by atoms with Gasteiger partial charge < -0.3 is 10.6 Å². The summed E-state index contributed by atoms with van der Waals surface area (Å²) in [5, 5.41) is 6.32. The predicted molar refractivity (Wildman–Crippen MR) is 67.2 cm³/mol. The Balaban J connectivity index is 2.35. The number of rotatable bonds is 3. The zero-order chi connectivity index (χ0) is 12.3. The molecule has 1 amide bonds. The maximum atomic E-state index is 11.9. The fourth-order valence-electron chi connectivity index (χ4n) is 1.86. The molecular formula is C13H26N2O. The van der Waals surface area contributed by atoms with Gasteiger partial charge in [-0.15, -0.1) is 0 Å². The van der Waals surface area contributed by atoms with Gasteiger partial charge in [0.05, 0.1) is 6.04 Å². The molecule has 2 N–H and O–H groups in total. The smallest absolute Gasteiger partial charge is 0.237 e. The first-order valence-electron chi connectivity index (χ1n) is 6.33. The van der Waals surface area contributed by atoms with Crippen LogP contribution in [-0.2, 0) is 4.79 Å². The largest absolute Gasteiger partial charge is 0.354 e. The highest BCUT2D eigenvalue weighted by Gasteiger charge is 2.29. The molecule has 1 aliphatic heterocycles. The van der Waals surface area contributed by atoms with Gasteiger partial charge in [0.25, 0.3) is 0 Å². The molecule has 3 unspecified atom stereocenters. The van der Waals surface area contributed by atoms with E-state index in [-0.39, 0.29) is 17.4 Å². The molecule has 0 bridgehead atoms. The number of hydrogen-bond donors (Lipinski definition) is 2. The summed E-state index contributed by atoms with van der Waals surface area (Å²) < 4.78 is 0. The van der Waals surface area contributed by atoms with E-state index in [1.54, 1.807) is 0 Å².